The van der Waals surface area contributed by atoms with Crippen LogP contribution in [-0.2, 0) is 27.1 Å². The first-order valence-corrected chi connectivity index (χ1v) is 19.9. The summed E-state index contributed by atoms with van der Waals surface area (Å²) in [5.41, 5.74) is 13.4. The van der Waals surface area contributed by atoms with E-state index in [1.54, 1.807) is 0 Å². The fraction of sp³-hybridized carbons (Fsp3) is 0.385. The van der Waals surface area contributed by atoms with Crippen LogP contribution in [0.15, 0.2) is 88.8 Å². The zero-order valence-electron chi connectivity index (χ0n) is 35.4. The number of hydrogen-bond donors (Lipinski definition) is 0. The second kappa shape index (κ2) is 11.5. The molecule has 54 heavy (non-hydrogen) atoms. The molecule has 0 saturated heterocycles. The fourth-order valence-electron chi connectivity index (χ4n) is 8.53. The van der Waals surface area contributed by atoms with E-state index in [-0.39, 0.29) is 27.1 Å². The zero-order valence-corrected chi connectivity index (χ0v) is 35.4. The number of nitrogens with zero attached hydrogens (tertiary/aromatic N) is 2. The van der Waals surface area contributed by atoms with E-state index >= 15 is 0 Å². The van der Waals surface area contributed by atoms with Crippen LogP contribution < -0.4 is 10.7 Å². The topological polar surface area (TPSA) is 24.7 Å². The number of rotatable bonds is 1. The van der Waals surface area contributed by atoms with Gasteiger partial charge in [-0.3, -0.25) is 0 Å². The predicted octanol–water partition coefficient (Wildman–Crippen LogP) is 13.6. The van der Waals surface area contributed by atoms with Gasteiger partial charge in [0, 0.05) is 27.1 Å². The molecule has 0 aliphatic carbocycles. The van der Waals surface area contributed by atoms with E-state index < -0.39 is 0 Å². The number of benzene rings is 6. The molecule has 6 aromatic carbocycles. The van der Waals surface area contributed by atoms with Gasteiger partial charge in [0.2, 0.25) is 0 Å². The lowest BCUT2D eigenvalue weighted by atomic mass is 9.80. The summed E-state index contributed by atoms with van der Waals surface area (Å²) in [6.07, 6.45) is 0. The van der Waals surface area contributed by atoms with Crippen molar-refractivity contribution in [2.45, 2.75) is 131 Å². The molecule has 0 radical (unpaired) electrons. The van der Waals surface area contributed by atoms with Crippen molar-refractivity contribution in [3.05, 3.63) is 128 Å². The van der Waals surface area contributed by atoms with Crippen molar-refractivity contribution in [3.63, 3.8) is 0 Å². The Bertz CT molecular complexity index is 2800. The molecule has 0 unspecified atom stereocenters. The van der Waals surface area contributed by atoms with Crippen LogP contribution in [0.25, 0.3) is 43.8 Å². The van der Waals surface area contributed by atoms with Crippen molar-refractivity contribution in [3.8, 4) is 22.3 Å². The third kappa shape index (κ3) is 5.75. The van der Waals surface area contributed by atoms with E-state index in [0.717, 1.165) is 27.7 Å². The summed E-state index contributed by atoms with van der Waals surface area (Å²) in [7, 11) is 0. The van der Waals surface area contributed by atoms with Crippen LogP contribution in [-0.4, -0.2) is 0 Å². The molecular weight excluding hydrogens is 653 g/mol. The number of hydrogen-bond acceptors (Lipinski definition) is 2. The predicted molar refractivity (Wildman–Crippen MR) is 232 cm³/mol. The van der Waals surface area contributed by atoms with Crippen LogP contribution in [0.2, 0.25) is 0 Å². The van der Waals surface area contributed by atoms with Crippen molar-refractivity contribution in [1.29, 1.82) is 0 Å². The molecule has 8 rings (SSSR count). The van der Waals surface area contributed by atoms with Crippen LogP contribution in [0.5, 0.6) is 0 Å². The van der Waals surface area contributed by atoms with E-state index in [1.807, 2.05) is 0 Å². The van der Waals surface area contributed by atoms with Gasteiger partial charge < -0.3 is 0 Å². The van der Waals surface area contributed by atoms with Gasteiger partial charge >= 0.3 is 0 Å². The van der Waals surface area contributed by atoms with E-state index in [9.17, 15) is 0 Å². The van der Waals surface area contributed by atoms with Crippen molar-refractivity contribution in [2.24, 2.45) is 9.98 Å². The molecule has 0 bridgehead atoms. The molecule has 0 spiro atoms. The Hall–Kier alpha value is -4.56. The molecular formula is C52H58N2. The molecule has 2 heterocycles. The Labute approximate surface area is 322 Å². The lowest BCUT2D eigenvalue weighted by Gasteiger charge is -2.24. The number of fused-ring (bicyclic) bond motifs is 9. The smallest absolute Gasteiger partial charge is 0.0817 e. The van der Waals surface area contributed by atoms with Gasteiger partial charge in [0.25, 0.3) is 0 Å². The molecule has 2 heteroatoms. The molecule has 2 nitrogen and oxygen atoms in total. The van der Waals surface area contributed by atoms with Crippen molar-refractivity contribution >= 4 is 32.9 Å². The van der Waals surface area contributed by atoms with E-state index in [2.05, 4.69) is 183 Å². The first kappa shape index (κ1) is 36.4. The molecule has 0 N–H and O–H groups in total. The van der Waals surface area contributed by atoms with Gasteiger partial charge in [-0.25, -0.2) is 9.98 Å². The minimum absolute atomic E-state index is 0.0189. The van der Waals surface area contributed by atoms with Crippen molar-refractivity contribution in [1.82, 2.24) is 0 Å². The Morgan fingerprint density at radius 3 is 1.41 bits per heavy atom. The molecule has 0 atom stereocenters. The molecule has 2 aliphatic heterocycles. The van der Waals surface area contributed by atoms with Gasteiger partial charge in [-0.2, -0.15) is 0 Å². The monoisotopic (exact) mass is 710 g/mol. The van der Waals surface area contributed by atoms with Gasteiger partial charge in [-0.1, -0.05) is 152 Å². The van der Waals surface area contributed by atoms with Gasteiger partial charge in [-0.05, 0) is 112 Å². The Morgan fingerprint density at radius 2 is 0.870 bits per heavy atom. The highest BCUT2D eigenvalue weighted by Crippen LogP contribution is 2.49. The maximum absolute atomic E-state index is 5.73. The second-order valence-corrected chi connectivity index (χ2v) is 21.3. The van der Waals surface area contributed by atoms with Gasteiger partial charge in [0.05, 0.1) is 22.1 Å². The summed E-state index contributed by atoms with van der Waals surface area (Å²) in [5.74, 6) is 0. The highest BCUT2D eigenvalue weighted by molar-refractivity contribution is 6.06. The minimum atomic E-state index is -0.0953. The zero-order chi connectivity index (χ0) is 39.1. The molecule has 6 aromatic rings. The highest BCUT2D eigenvalue weighted by atomic mass is 14.8. The molecule has 0 aromatic heterocycles. The lowest BCUT2D eigenvalue weighted by molar-refractivity contribution is 0.583. The quantitative estimate of drug-likeness (QED) is 0.162. The third-order valence-electron chi connectivity index (χ3n) is 11.9. The summed E-state index contributed by atoms with van der Waals surface area (Å²) in [6, 6.07) is 30.7. The Morgan fingerprint density at radius 1 is 0.389 bits per heavy atom. The van der Waals surface area contributed by atoms with E-state index in [0.29, 0.717) is 0 Å². The first-order valence-electron chi connectivity index (χ1n) is 19.9. The molecule has 2 aliphatic rings. The average molecular weight is 711 g/mol. The second-order valence-electron chi connectivity index (χ2n) is 21.3. The minimum Gasteiger partial charge on any atom is -0.247 e. The molecule has 276 valence electrons. The van der Waals surface area contributed by atoms with Crippen LogP contribution in [0, 0.1) is 10.4 Å². The summed E-state index contributed by atoms with van der Waals surface area (Å²) >= 11 is 0. The maximum Gasteiger partial charge on any atom is 0.0817 e. The summed E-state index contributed by atoms with van der Waals surface area (Å²) in [4.78, 5) is 11.5. The molecule has 0 amide bonds. The fourth-order valence-corrected chi connectivity index (χ4v) is 8.53. The normalized spacial score (nSPS) is 14.1. The summed E-state index contributed by atoms with van der Waals surface area (Å²) in [6.45, 7) is 34.6. The van der Waals surface area contributed by atoms with Crippen molar-refractivity contribution in [2.75, 3.05) is 0 Å². The van der Waals surface area contributed by atoms with Crippen LogP contribution in [0.4, 0.5) is 11.4 Å². The first-order chi connectivity index (χ1) is 24.9. The van der Waals surface area contributed by atoms with Gasteiger partial charge in [-0.15, -0.1) is 0 Å². The maximum atomic E-state index is 5.73. The van der Waals surface area contributed by atoms with E-state index in [4.69, 9.17) is 9.98 Å². The molecule has 0 fully saturated rings. The molecule has 0 saturated carbocycles. The summed E-state index contributed by atoms with van der Waals surface area (Å²) in [5, 5.41) is 9.72. The largest absolute Gasteiger partial charge is 0.247 e. The van der Waals surface area contributed by atoms with Crippen LogP contribution in [0.1, 0.15) is 132 Å². The Balaban J connectivity index is 1.63. The van der Waals surface area contributed by atoms with Crippen LogP contribution in [0.3, 0.4) is 0 Å². The lowest BCUT2D eigenvalue weighted by Crippen LogP contribution is -2.23. The van der Waals surface area contributed by atoms with E-state index in [1.165, 1.54) is 76.5 Å². The standard InChI is InChI=1S/C52H58N2/c1-48(2,3)32-20-16-29(17-21-32)41-44-37(42-35-26-33(49(4,5)6)22-18-30(35)24-39(46(42)53-44)51(10,11)12)28-38-43-36-27-34(50(7,8)9)23-19-31(36)25-40(52(13,14)15)47(43)54-45(38)41/h16-28H,1-15H3. The van der Waals surface area contributed by atoms with Gasteiger partial charge in [0.1, 0.15) is 0 Å². The Kier molecular flexibility index (Phi) is 7.74. The van der Waals surface area contributed by atoms with Crippen LogP contribution >= 0.6 is 0 Å². The summed E-state index contributed by atoms with van der Waals surface area (Å²) < 4.78 is 0. The average Bonchev–Trinajstić information content (AvgIpc) is 3.63. The van der Waals surface area contributed by atoms with Gasteiger partial charge in [0.15, 0.2) is 0 Å². The third-order valence-corrected chi connectivity index (χ3v) is 11.9. The van der Waals surface area contributed by atoms with Crippen molar-refractivity contribution < 1.29 is 0 Å². The highest BCUT2D eigenvalue weighted by Gasteiger charge is 2.32. The SMILES string of the molecule is CC(C)(C)c1ccc(-c2c3c(cc4c2=Nc2c(C(C)(C)C)cc5ccc(C(C)(C)C)cc5c2-4)=c2c(c(C(C)(C)C)cc4ccc(C(C)(C)C)cc24)=N3)cc1.